The van der Waals surface area contributed by atoms with Crippen LogP contribution in [0.25, 0.3) is 0 Å². The molecule has 3 nitrogen and oxygen atoms in total. The van der Waals surface area contributed by atoms with Crippen LogP contribution in [-0.4, -0.2) is 18.1 Å². The zero-order valence-electron chi connectivity index (χ0n) is 8.29. The van der Waals surface area contributed by atoms with Crippen LogP contribution in [0.3, 0.4) is 0 Å². The standard InChI is InChI=1S/C11H14N2O/c1-2-14-11-7-6-10(9-13-11)5-3-4-8-12/h6-7,9H,2,4,8,12H2,1H3. The maximum Gasteiger partial charge on any atom is 0.213 e. The molecule has 0 atom stereocenters. The molecule has 0 saturated carbocycles. The summed E-state index contributed by atoms with van der Waals surface area (Å²) in [6.45, 7) is 3.15. The molecule has 1 rings (SSSR count). The second-order valence-corrected chi connectivity index (χ2v) is 2.66. The smallest absolute Gasteiger partial charge is 0.213 e. The molecule has 0 spiro atoms. The van der Waals surface area contributed by atoms with Gasteiger partial charge in [0.15, 0.2) is 0 Å². The van der Waals surface area contributed by atoms with E-state index >= 15 is 0 Å². The molecule has 3 heteroatoms. The van der Waals surface area contributed by atoms with E-state index in [1.54, 1.807) is 6.20 Å². The van der Waals surface area contributed by atoms with Crippen LogP contribution < -0.4 is 10.5 Å². The average Bonchev–Trinajstić information content (AvgIpc) is 2.21. The Morgan fingerprint density at radius 2 is 2.36 bits per heavy atom. The lowest BCUT2D eigenvalue weighted by Gasteiger charge is -1.99. The fraction of sp³-hybridized carbons (Fsp3) is 0.364. The van der Waals surface area contributed by atoms with Crippen molar-refractivity contribution in [1.82, 2.24) is 4.98 Å². The largest absolute Gasteiger partial charge is 0.478 e. The SMILES string of the molecule is CCOc1ccc(C#CCCN)cn1. The summed E-state index contributed by atoms with van der Waals surface area (Å²) >= 11 is 0. The molecule has 0 bridgehead atoms. The molecule has 1 aromatic heterocycles. The molecule has 0 unspecified atom stereocenters. The number of pyridine rings is 1. The molecule has 1 aromatic rings. The third-order valence-electron chi connectivity index (χ3n) is 1.53. The van der Waals surface area contributed by atoms with Crippen molar-refractivity contribution in [3.05, 3.63) is 23.9 Å². The Kier molecular flexibility index (Phi) is 4.53. The van der Waals surface area contributed by atoms with Gasteiger partial charge in [0.25, 0.3) is 0 Å². The highest BCUT2D eigenvalue weighted by Gasteiger charge is 1.92. The molecule has 0 aliphatic carbocycles. The number of hydrogen-bond donors (Lipinski definition) is 1. The van der Waals surface area contributed by atoms with E-state index in [9.17, 15) is 0 Å². The van der Waals surface area contributed by atoms with E-state index in [1.165, 1.54) is 0 Å². The van der Waals surface area contributed by atoms with Gasteiger partial charge in [-0.05, 0) is 13.0 Å². The summed E-state index contributed by atoms with van der Waals surface area (Å²) in [6, 6.07) is 3.71. The lowest BCUT2D eigenvalue weighted by Crippen LogP contribution is -1.95. The van der Waals surface area contributed by atoms with Gasteiger partial charge in [-0.25, -0.2) is 4.98 Å². The second-order valence-electron chi connectivity index (χ2n) is 2.66. The first-order valence-corrected chi connectivity index (χ1v) is 4.64. The van der Waals surface area contributed by atoms with E-state index in [-0.39, 0.29) is 0 Å². The Morgan fingerprint density at radius 3 is 2.93 bits per heavy atom. The highest BCUT2D eigenvalue weighted by Crippen LogP contribution is 2.06. The third-order valence-corrected chi connectivity index (χ3v) is 1.53. The van der Waals surface area contributed by atoms with Gasteiger partial charge in [-0.3, -0.25) is 0 Å². The summed E-state index contributed by atoms with van der Waals surface area (Å²) in [4.78, 5) is 4.09. The second kappa shape index (κ2) is 6.01. The van der Waals surface area contributed by atoms with Crippen molar-refractivity contribution >= 4 is 0 Å². The van der Waals surface area contributed by atoms with Gasteiger partial charge in [-0.1, -0.05) is 11.8 Å². The Labute approximate surface area is 84.3 Å². The van der Waals surface area contributed by atoms with Crippen LogP contribution in [-0.2, 0) is 0 Å². The molecule has 2 N–H and O–H groups in total. The maximum absolute atomic E-state index is 5.32. The van der Waals surface area contributed by atoms with Crippen molar-refractivity contribution in [2.24, 2.45) is 5.73 Å². The van der Waals surface area contributed by atoms with E-state index in [1.807, 2.05) is 19.1 Å². The van der Waals surface area contributed by atoms with Crippen LogP contribution in [0.4, 0.5) is 0 Å². The van der Waals surface area contributed by atoms with Gasteiger partial charge in [-0.15, -0.1) is 0 Å². The van der Waals surface area contributed by atoms with Crippen molar-refractivity contribution in [3.63, 3.8) is 0 Å². The van der Waals surface area contributed by atoms with Crippen molar-refractivity contribution in [1.29, 1.82) is 0 Å². The highest BCUT2D eigenvalue weighted by molar-refractivity contribution is 5.33. The van der Waals surface area contributed by atoms with Crippen molar-refractivity contribution in [3.8, 4) is 17.7 Å². The molecule has 0 amide bonds. The number of rotatable bonds is 3. The molecule has 1 heterocycles. The summed E-state index contributed by atoms with van der Waals surface area (Å²) in [5, 5.41) is 0. The topological polar surface area (TPSA) is 48.1 Å². The number of nitrogens with zero attached hydrogens (tertiary/aromatic N) is 1. The summed E-state index contributed by atoms with van der Waals surface area (Å²) < 4.78 is 5.21. The molecule has 0 radical (unpaired) electrons. The minimum absolute atomic E-state index is 0.595. The first-order chi connectivity index (χ1) is 6.86. The van der Waals surface area contributed by atoms with Crippen LogP contribution in [0, 0.1) is 11.8 Å². The molecule has 0 fully saturated rings. The summed E-state index contributed by atoms with van der Waals surface area (Å²) in [5.74, 6) is 6.55. The van der Waals surface area contributed by atoms with Gasteiger partial charge in [-0.2, -0.15) is 0 Å². The summed E-state index contributed by atoms with van der Waals surface area (Å²) in [7, 11) is 0. The molecule has 0 aliphatic rings. The van der Waals surface area contributed by atoms with Gasteiger partial charge in [0.1, 0.15) is 0 Å². The number of ether oxygens (including phenoxy) is 1. The molecule has 0 saturated heterocycles. The van der Waals surface area contributed by atoms with E-state index in [0.29, 0.717) is 25.5 Å². The summed E-state index contributed by atoms with van der Waals surface area (Å²) in [5.41, 5.74) is 6.21. The predicted octanol–water partition coefficient (Wildman–Crippen LogP) is 1.18. The van der Waals surface area contributed by atoms with Crippen LogP contribution >= 0.6 is 0 Å². The molecule has 74 valence electrons. The molecule has 0 aliphatic heterocycles. The first kappa shape index (κ1) is 10.6. The van der Waals surface area contributed by atoms with Crippen LogP contribution in [0.15, 0.2) is 18.3 Å². The van der Waals surface area contributed by atoms with Gasteiger partial charge in [0.2, 0.25) is 5.88 Å². The fourth-order valence-electron chi connectivity index (χ4n) is 0.924. The normalized spacial score (nSPS) is 9.00. The van der Waals surface area contributed by atoms with E-state index < -0.39 is 0 Å². The third kappa shape index (κ3) is 3.46. The first-order valence-electron chi connectivity index (χ1n) is 4.64. The Bertz CT molecular complexity index is 321. The van der Waals surface area contributed by atoms with Gasteiger partial charge >= 0.3 is 0 Å². The Morgan fingerprint density at radius 1 is 1.50 bits per heavy atom. The monoisotopic (exact) mass is 190 g/mol. The minimum atomic E-state index is 0.595. The minimum Gasteiger partial charge on any atom is -0.478 e. The molecule has 14 heavy (non-hydrogen) atoms. The van der Waals surface area contributed by atoms with E-state index in [0.717, 1.165) is 5.56 Å². The Hall–Kier alpha value is -1.53. The van der Waals surface area contributed by atoms with Crippen LogP contribution in [0.1, 0.15) is 18.9 Å². The quantitative estimate of drug-likeness (QED) is 0.728. The molecular formula is C11H14N2O. The van der Waals surface area contributed by atoms with E-state index in [2.05, 4.69) is 16.8 Å². The van der Waals surface area contributed by atoms with Gasteiger partial charge in [0, 0.05) is 30.8 Å². The number of aromatic nitrogens is 1. The van der Waals surface area contributed by atoms with Crippen molar-refractivity contribution in [2.75, 3.05) is 13.2 Å². The number of nitrogens with two attached hydrogens (primary N) is 1. The molecular weight excluding hydrogens is 176 g/mol. The maximum atomic E-state index is 5.32. The number of hydrogen-bond acceptors (Lipinski definition) is 3. The zero-order valence-corrected chi connectivity index (χ0v) is 8.29. The fourth-order valence-corrected chi connectivity index (χ4v) is 0.924. The average molecular weight is 190 g/mol. The Balaban J connectivity index is 2.60. The van der Waals surface area contributed by atoms with Gasteiger partial charge in [0.05, 0.1) is 6.61 Å². The zero-order chi connectivity index (χ0) is 10.2. The van der Waals surface area contributed by atoms with Crippen LogP contribution in [0.5, 0.6) is 5.88 Å². The lowest BCUT2D eigenvalue weighted by molar-refractivity contribution is 0.327. The predicted molar refractivity (Wildman–Crippen MR) is 56.0 cm³/mol. The lowest BCUT2D eigenvalue weighted by atomic mass is 10.3. The van der Waals surface area contributed by atoms with Gasteiger partial charge < -0.3 is 10.5 Å². The van der Waals surface area contributed by atoms with Crippen LogP contribution in [0.2, 0.25) is 0 Å². The molecule has 0 aromatic carbocycles. The highest BCUT2D eigenvalue weighted by atomic mass is 16.5. The van der Waals surface area contributed by atoms with Crippen molar-refractivity contribution < 1.29 is 4.74 Å². The van der Waals surface area contributed by atoms with Crippen molar-refractivity contribution in [2.45, 2.75) is 13.3 Å². The summed E-state index contributed by atoms with van der Waals surface area (Å²) in [6.07, 6.45) is 2.42. The van der Waals surface area contributed by atoms with E-state index in [4.69, 9.17) is 10.5 Å².